The summed E-state index contributed by atoms with van der Waals surface area (Å²) in [6.45, 7) is 3.17. The molecule has 9 heteroatoms. The van der Waals surface area contributed by atoms with Crippen LogP contribution in [0.3, 0.4) is 0 Å². The van der Waals surface area contributed by atoms with E-state index < -0.39 is 0 Å². The average Bonchev–Trinajstić information content (AvgIpc) is 2.84. The summed E-state index contributed by atoms with van der Waals surface area (Å²) in [6, 6.07) is 13.3. The Bertz CT molecular complexity index is 1060. The standard InChI is InChI=1S/C24H30N4O4S/c1-5-21(23(29)25-11-8-12-30-2)33-24-27-20-10-7-6-9-19(20)22(28-24)26-16-13-17(31-3)15-18(14-16)32-4/h6-7,9-10,13-15,21H,5,8,11-12H2,1-4H3,(H,25,29)(H,26,27,28)/t21-/m1/s1. The lowest BCUT2D eigenvalue weighted by molar-refractivity contribution is -0.120. The molecule has 0 saturated heterocycles. The highest BCUT2D eigenvalue weighted by molar-refractivity contribution is 8.00. The zero-order valence-electron chi connectivity index (χ0n) is 19.4. The van der Waals surface area contributed by atoms with E-state index in [1.54, 1.807) is 21.3 Å². The van der Waals surface area contributed by atoms with Crippen LogP contribution in [0, 0.1) is 0 Å². The van der Waals surface area contributed by atoms with Crippen LogP contribution in [0.4, 0.5) is 11.5 Å². The Morgan fingerprint density at radius 1 is 1.06 bits per heavy atom. The van der Waals surface area contributed by atoms with E-state index in [0.717, 1.165) is 23.0 Å². The van der Waals surface area contributed by atoms with Gasteiger partial charge in [-0.25, -0.2) is 9.97 Å². The zero-order valence-corrected chi connectivity index (χ0v) is 20.2. The Morgan fingerprint density at radius 2 is 1.79 bits per heavy atom. The molecule has 2 aromatic carbocycles. The monoisotopic (exact) mass is 470 g/mol. The van der Waals surface area contributed by atoms with E-state index in [1.165, 1.54) is 11.8 Å². The predicted molar refractivity (Wildman–Crippen MR) is 132 cm³/mol. The number of methoxy groups -OCH3 is 3. The Labute approximate surface area is 198 Å². The summed E-state index contributed by atoms with van der Waals surface area (Å²) in [5.74, 6) is 1.96. The molecule has 1 heterocycles. The summed E-state index contributed by atoms with van der Waals surface area (Å²) >= 11 is 1.36. The first-order chi connectivity index (χ1) is 16.1. The number of nitrogens with zero attached hydrogens (tertiary/aromatic N) is 2. The van der Waals surface area contributed by atoms with Crippen molar-refractivity contribution in [3.8, 4) is 11.5 Å². The van der Waals surface area contributed by atoms with Gasteiger partial charge in [0.25, 0.3) is 0 Å². The number of nitrogens with one attached hydrogen (secondary N) is 2. The second-order valence-electron chi connectivity index (χ2n) is 7.25. The molecule has 0 fully saturated rings. The lowest BCUT2D eigenvalue weighted by atomic mass is 10.2. The molecule has 0 radical (unpaired) electrons. The molecule has 8 nitrogen and oxygen atoms in total. The van der Waals surface area contributed by atoms with Crippen LogP contribution in [0.1, 0.15) is 19.8 Å². The predicted octanol–water partition coefficient (Wildman–Crippen LogP) is 4.41. The molecule has 1 amide bonds. The number of anilines is 2. The van der Waals surface area contributed by atoms with Crippen molar-refractivity contribution in [2.24, 2.45) is 0 Å². The van der Waals surface area contributed by atoms with E-state index in [2.05, 4.69) is 15.6 Å². The Kier molecular flexibility index (Phi) is 9.14. The van der Waals surface area contributed by atoms with E-state index in [9.17, 15) is 4.79 Å². The maximum atomic E-state index is 12.7. The highest BCUT2D eigenvalue weighted by Gasteiger charge is 2.20. The average molecular weight is 471 g/mol. The van der Waals surface area contributed by atoms with Crippen molar-refractivity contribution in [2.75, 3.05) is 39.8 Å². The van der Waals surface area contributed by atoms with E-state index in [4.69, 9.17) is 19.2 Å². The Hall–Kier alpha value is -3.04. The smallest absolute Gasteiger partial charge is 0.233 e. The number of para-hydroxylation sites is 1. The highest BCUT2D eigenvalue weighted by Crippen LogP contribution is 2.32. The van der Waals surface area contributed by atoms with Gasteiger partial charge in [0, 0.05) is 49.5 Å². The number of carbonyl (C=O) groups is 1. The molecule has 3 rings (SSSR count). The molecule has 33 heavy (non-hydrogen) atoms. The quantitative estimate of drug-likeness (QED) is 0.228. The second-order valence-corrected chi connectivity index (χ2v) is 8.42. The van der Waals surface area contributed by atoms with Gasteiger partial charge in [0.15, 0.2) is 5.16 Å². The minimum atomic E-state index is -0.293. The van der Waals surface area contributed by atoms with E-state index in [1.807, 2.05) is 49.4 Å². The van der Waals surface area contributed by atoms with Gasteiger partial charge in [0.2, 0.25) is 5.91 Å². The summed E-state index contributed by atoms with van der Waals surface area (Å²) in [6.07, 6.45) is 1.43. The fourth-order valence-electron chi connectivity index (χ4n) is 3.21. The summed E-state index contributed by atoms with van der Waals surface area (Å²) < 4.78 is 15.8. The van der Waals surface area contributed by atoms with Crippen LogP contribution in [0.25, 0.3) is 10.9 Å². The van der Waals surface area contributed by atoms with Crippen molar-refractivity contribution in [1.29, 1.82) is 0 Å². The fraction of sp³-hybridized carbons (Fsp3) is 0.375. The molecule has 0 saturated carbocycles. The molecule has 0 spiro atoms. The molecule has 0 aliphatic carbocycles. The van der Waals surface area contributed by atoms with Crippen molar-refractivity contribution in [1.82, 2.24) is 15.3 Å². The molecular formula is C24H30N4O4S. The molecule has 1 aromatic heterocycles. The topological polar surface area (TPSA) is 94.6 Å². The first-order valence-corrected chi connectivity index (χ1v) is 11.7. The lowest BCUT2D eigenvalue weighted by Gasteiger charge is -2.16. The van der Waals surface area contributed by atoms with Gasteiger partial charge in [-0.05, 0) is 25.0 Å². The minimum absolute atomic E-state index is 0.0256. The van der Waals surface area contributed by atoms with Crippen LogP contribution >= 0.6 is 11.8 Å². The number of carbonyl (C=O) groups excluding carboxylic acids is 1. The first-order valence-electron chi connectivity index (χ1n) is 10.8. The normalized spacial score (nSPS) is 11.8. The Morgan fingerprint density at radius 3 is 2.45 bits per heavy atom. The molecule has 2 N–H and O–H groups in total. The molecule has 0 unspecified atom stereocenters. The van der Waals surface area contributed by atoms with Crippen molar-refractivity contribution in [3.05, 3.63) is 42.5 Å². The van der Waals surface area contributed by atoms with Gasteiger partial charge in [-0.2, -0.15) is 0 Å². The number of rotatable bonds is 12. The molecule has 0 aliphatic heterocycles. The third-order valence-corrected chi connectivity index (χ3v) is 6.16. The molecule has 0 bridgehead atoms. The maximum absolute atomic E-state index is 12.7. The van der Waals surface area contributed by atoms with E-state index in [0.29, 0.717) is 42.0 Å². The number of fused-ring (bicyclic) bond motifs is 1. The summed E-state index contributed by atoms with van der Waals surface area (Å²) in [7, 11) is 4.87. The highest BCUT2D eigenvalue weighted by atomic mass is 32.2. The van der Waals surface area contributed by atoms with Gasteiger partial charge in [-0.15, -0.1) is 0 Å². The van der Waals surface area contributed by atoms with Crippen LogP contribution in [0.5, 0.6) is 11.5 Å². The largest absolute Gasteiger partial charge is 0.497 e. The lowest BCUT2D eigenvalue weighted by Crippen LogP contribution is -2.33. The van der Waals surface area contributed by atoms with E-state index >= 15 is 0 Å². The minimum Gasteiger partial charge on any atom is -0.497 e. The summed E-state index contributed by atoms with van der Waals surface area (Å²) in [4.78, 5) is 22.1. The van der Waals surface area contributed by atoms with Gasteiger partial charge in [0.1, 0.15) is 17.3 Å². The van der Waals surface area contributed by atoms with Crippen LogP contribution in [0.2, 0.25) is 0 Å². The maximum Gasteiger partial charge on any atom is 0.233 e. The summed E-state index contributed by atoms with van der Waals surface area (Å²) in [5.41, 5.74) is 1.57. The number of thioether (sulfide) groups is 1. The number of amides is 1. The molecular weight excluding hydrogens is 440 g/mol. The first kappa shape index (κ1) is 24.6. The zero-order chi connectivity index (χ0) is 23.6. The van der Waals surface area contributed by atoms with Crippen LogP contribution in [-0.4, -0.2) is 55.6 Å². The van der Waals surface area contributed by atoms with Crippen LogP contribution < -0.4 is 20.1 Å². The van der Waals surface area contributed by atoms with Gasteiger partial charge < -0.3 is 24.8 Å². The van der Waals surface area contributed by atoms with Crippen LogP contribution in [0.15, 0.2) is 47.6 Å². The van der Waals surface area contributed by atoms with Gasteiger partial charge in [-0.1, -0.05) is 30.8 Å². The number of hydrogen-bond donors (Lipinski definition) is 2. The molecule has 1 atom stereocenters. The summed E-state index contributed by atoms with van der Waals surface area (Å²) in [5, 5.41) is 7.45. The molecule has 3 aromatic rings. The third-order valence-electron chi connectivity index (χ3n) is 4.93. The van der Waals surface area contributed by atoms with Gasteiger partial charge in [0.05, 0.1) is 25.0 Å². The number of aromatic nitrogens is 2. The van der Waals surface area contributed by atoms with Crippen molar-refractivity contribution in [2.45, 2.75) is 30.2 Å². The third kappa shape index (κ3) is 6.72. The Balaban J connectivity index is 1.87. The number of benzene rings is 2. The van der Waals surface area contributed by atoms with E-state index in [-0.39, 0.29) is 11.2 Å². The van der Waals surface area contributed by atoms with Crippen molar-refractivity contribution < 1.29 is 19.0 Å². The SMILES string of the molecule is CC[C@@H](Sc1nc(Nc2cc(OC)cc(OC)c2)c2ccccc2n1)C(=O)NCCCOC. The van der Waals surface area contributed by atoms with Gasteiger partial charge >= 0.3 is 0 Å². The van der Waals surface area contributed by atoms with Gasteiger partial charge in [-0.3, -0.25) is 4.79 Å². The van der Waals surface area contributed by atoms with Crippen molar-refractivity contribution in [3.63, 3.8) is 0 Å². The fourth-order valence-corrected chi connectivity index (χ4v) is 4.12. The number of hydrogen-bond acceptors (Lipinski definition) is 8. The number of ether oxygens (including phenoxy) is 3. The molecule has 176 valence electrons. The van der Waals surface area contributed by atoms with Crippen molar-refractivity contribution >= 4 is 40.1 Å². The molecule has 0 aliphatic rings. The van der Waals surface area contributed by atoms with Crippen LogP contribution in [-0.2, 0) is 9.53 Å². The second kappa shape index (κ2) is 12.3.